The summed E-state index contributed by atoms with van der Waals surface area (Å²) in [7, 11) is 6.24. The number of aldehydes is 1. The molecule has 9 fully saturated rings. The van der Waals surface area contributed by atoms with Crippen LogP contribution in [-0.2, 0) is 85.3 Å². The first kappa shape index (κ1) is 50.8. The average Bonchev–Trinajstić information content (AvgIpc) is 3.70. The molecule has 2 N–H and O–H groups in total. The summed E-state index contributed by atoms with van der Waals surface area (Å²) in [6.45, 7) is 22.7. The van der Waals surface area contributed by atoms with E-state index in [-0.39, 0.29) is 67.3 Å². The van der Waals surface area contributed by atoms with Crippen LogP contribution in [0.15, 0.2) is 25.3 Å². The van der Waals surface area contributed by atoms with Gasteiger partial charge in [-0.15, -0.1) is 13.2 Å². The van der Waals surface area contributed by atoms with Gasteiger partial charge in [-0.1, -0.05) is 12.2 Å². The predicted molar refractivity (Wildman–Crippen MR) is 215 cm³/mol. The number of epoxide rings is 1. The molecule has 16 unspecified atom stereocenters. The topological polar surface area (TPSA) is 218 Å². The first-order chi connectivity index (χ1) is 29.6. The van der Waals surface area contributed by atoms with Crippen molar-refractivity contribution in [3.8, 4) is 0 Å². The smallest absolute Gasteiger partial charge is 0.187 e. The molecule has 0 saturated carbocycles. The van der Waals surface area contributed by atoms with E-state index >= 15 is 0 Å². The summed E-state index contributed by atoms with van der Waals surface area (Å²) in [6, 6.07) is 0. The van der Waals surface area contributed by atoms with Crippen LogP contribution in [-0.4, -0.2) is 191 Å². The highest BCUT2D eigenvalue weighted by Gasteiger charge is 2.61. The summed E-state index contributed by atoms with van der Waals surface area (Å²) in [5.41, 5.74) is 0. The molecule has 9 heterocycles. The minimum absolute atomic E-state index is 0.0540. The van der Waals surface area contributed by atoms with E-state index in [4.69, 9.17) is 80.5 Å². The second-order valence-electron chi connectivity index (χ2n) is 18.3. The van der Waals surface area contributed by atoms with Gasteiger partial charge in [-0.2, -0.15) is 0 Å². The molecule has 9 saturated heterocycles. The second kappa shape index (κ2) is 20.3. The third-order valence-electron chi connectivity index (χ3n) is 11.6. The van der Waals surface area contributed by atoms with Gasteiger partial charge in [0.05, 0.1) is 18.8 Å². The molecule has 9 aliphatic rings. The van der Waals surface area contributed by atoms with Crippen LogP contribution in [0.1, 0.15) is 68.2 Å². The summed E-state index contributed by atoms with van der Waals surface area (Å²) in [5, 5.41) is 20.0. The zero-order valence-electron chi connectivity index (χ0n) is 38.5. The largest absolute Gasteiger partial charge is 0.390 e. The van der Waals surface area contributed by atoms with E-state index in [1.165, 1.54) is 7.11 Å². The lowest BCUT2D eigenvalue weighted by Crippen LogP contribution is -2.38. The molecule has 19 atom stereocenters. The van der Waals surface area contributed by atoms with Crippen molar-refractivity contribution in [1.82, 2.24) is 0 Å². The normalized spacial score (nSPS) is 44.6. The van der Waals surface area contributed by atoms with Crippen molar-refractivity contribution in [1.29, 1.82) is 0 Å². The minimum Gasteiger partial charge on any atom is -0.390 e. The molecular formula is C43H70O20. The Labute approximate surface area is 369 Å². The number of carbonyl (C=O) groups excluding carboxylic acids is 1. The quantitative estimate of drug-likeness (QED) is 0.163. The molecule has 0 aromatic rings. The maximum Gasteiger partial charge on any atom is 0.187 e. The van der Waals surface area contributed by atoms with Crippen LogP contribution >= 0.6 is 0 Å². The molecule has 0 radical (unpaired) electrons. The molecule has 20 heteroatoms. The lowest BCUT2D eigenvalue weighted by atomic mass is 10.0. The van der Waals surface area contributed by atoms with Gasteiger partial charge in [0.1, 0.15) is 79.4 Å². The predicted octanol–water partition coefficient (Wildman–Crippen LogP) is 1.98. The Balaban J connectivity index is 0.000000140. The van der Waals surface area contributed by atoms with E-state index < -0.39 is 72.5 Å². The standard InChI is InChI=1S/2C12H20O5.C10H16O5.C9H14O5/c2*1-5-6-7(13)8-9-10(11(14-4)15-8)17-12(2,3)16-9;1-10(2)14-7-6(5-4-12-5)13-9(11-3)8(7)15-10;1-9(2)13-6-5(4-10)12-8(11-3)7(6)14-9/h2*5,7-11,13H,1,6H2,2-4H3;5-9H,4H2,1-3H3;4-8H,1-3H3/t2*7-,8?,9?,10?,11?;5-,6?,7?,8?,9?;/m101./s1. The van der Waals surface area contributed by atoms with Gasteiger partial charge < -0.3 is 95.5 Å². The summed E-state index contributed by atoms with van der Waals surface area (Å²) in [5.74, 6) is -2.55. The van der Waals surface area contributed by atoms with Crippen molar-refractivity contribution >= 4 is 6.29 Å². The van der Waals surface area contributed by atoms with Crippen LogP contribution in [0, 0.1) is 0 Å². The molecule has 0 bridgehead atoms. The third-order valence-corrected chi connectivity index (χ3v) is 11.6. The number of rotatable bonds is 12. The Kier molecular flexibility index (Phi) is 16.4. The Morgan fingerprint density at radius 3 is 1.19 bits per heavy atom. The zero-order chi connectivity index (χ0) is 46.2. The highest BCUT2D eigenvalue weighted by Crippen LogP contribution is 2.44. The van der Waals surface area contributed by atoms with Crippen molar-refractivity contribution < 1.29 is 95.5 Å². The van der Waals surface area contributed by atoms with Crippen molar-refractivity contribution in [3.63, 3.8) is 0 Å². The van der Waals surface area contributed by atoms with Crippen LogP contribution in [0.5, 0.6) is 0 Å². The summed E-state index contributed by atoms with van der Waals surface area (Å²) >= 11 is 0. The monoisotopic (exact) mass is 906 g/mol. The van der Waals surface area contributed by atoms with Gasteiger partial charge in [0.15, 0.2) is 54.6 Å². The van der Waals surface area contributed by atoms with E-state index in [1.54, 1.807) is 47.3 Å². The van der Waals surface area contributed by atoms with Gasteiger partial charge in [-0.25, -0.2) is 0 Å². The Bertz CT molecular complexity index is 1460. The number of methoxy groups -OCH3 is 4. The average molecular weight is 907 g/mol. The SMILES string of the molecule is C=CC[C@@H](O)C1OC(OC)C2OC(C)(C)OC21.C=CC[C@H](O)C1OC(OC)C2OC(C)(C)OC21.COC1OC(C=O)C2OC(C)(C)OC12.COC1OC([C@H]2CO2)C2OC(C)(C)OC12. The van der Waals surface area contributed by atoms with E-state index in [0.717, 1.165) is 12.9 Å². The van der Waals surface area contributed by atoms with Crippen LogP contribution in [0.4, 0.5) is 0 Å². The number of ether oxygens (including phenoxy) is 17. The molecule has 63 heavy (non-hydrogen) atoms. The molecule has 0 aromatic carbocycles. The van der Waals surface area contributed by atoms with E-state index in [0.29, 0.717) is 12.8 Å². The Morgan fingerprint density at radius 2 is 0.825 bits per heavy atom. The fourth-order valence-electron chi connectivity index (χ4n) is 9.01. The van der Waals surface area contributed by atoms with Gasteiger partial charge in [0, 0.05) is 28.4 Å². The van der Waals surface area contributed by atoms with Crippen molar-refractivity contribution in [2.45, 2.75) is 208 Å². The fraction of sp³-hybridized carbons (Fsp3) is 0.884. The van der Waals surface area contributed by atoms with E-state index in [9.17, 15) is 15.0 Å². The first-order valence-electron chi connectivity index (χ1n) is 21.4. The van der Waals surface area contributed by atoms with Crippen LogP contribution in [0.25, 0.3) is 0 Å². The molecule has 362 valence electrons. The van der Waals surface area contributed by atoms with Crippen molar-refractivity contribution in [2.24, 2.45) is 0 Å². The third kappa shape index (κ3) is 11.6. The maximum absolute atomic E-state index is 10.7. The van der Waals surface area contributed by atoms with Gasteiger partial charge >= 0.3 is 0 Å². The number of aliphatic hydroxyl groups excluding tert-OH is 2. The van der Waals surface area contributed by atoms with Crippen LogP contribution < -0.4 is 0 Å². The molecule has 0 aromatic heterocycles. The van der Waals surface area contributed by atoms with Gasteiger partial charge in [0.2, 0.25) is 0 Å². The van der Waals surface area contributed by atoms with Gasteiger partial charge in [0.25, 0.3) is 0 Å². The van der Waals surface area contributed by atoms with Crippen molar-refractivity contribution in [2.75, 3.05) is 35.0 Å². The van der Waals surface area contributed by atoms with Gasteiger partial charge in [-0.05, 0) is 68.2 Å². The van der Waals surface area contributed by atoms with Gasteiger partial charge in [-0.3, -0.25) is 0 Å². The number of fused-ring (bicyclic) bond motifs is 4. The molecule has 0 amide bonds. The minimum atomic E-state index is -0.669. The Morgan fingerprint density at radius 1 is 0.508 bits per heavy atom. The zero-order valence-corrected chi connectivity index (χ0v) is 38.5. The first-order valence-corrected chi connectivity index (χ1v) is 21.4. The maximum atomic E-state index is 10.7. The number of hydrogen-bond acceptors (Lipinski definition) is 20. The van der Waals surface area contributed by atoms with Crippen molar-refractivity contribution in [3.05, 3.63) is 25.3 Å². The molecule has 0 aliphatic carbocycles. The highest BCUT2D eigenvalue weighted by atomic mass is 16.8. The van der Waals surface area contributed by atoms with E-state index in [2.05, 4.69) is 13.2 Å². The highest BCUT2D eigenvalue weighted by molar-refractivity contribution is 5.58. The molecule has 20 nitrogen and oxygen atoms in total. The second-order valence-corrected chi connectivity index (χ2v) is 18.3. The molecule has 0 spiro atoms. The van der Waals surface area contributed by atoms with E-state index in [1.807, 2.05) is 41.5 Å². The fourth-order valence-corrected chi connectivity index (χ4v) is 9.01. The summed E-state index contributed by atoms with van der Waals surface area (Å²) in [6.07, 6.45) is -1.66. The van der Waals surface area contributed by atoms with Crippen LogP contribution in [0.2, 0.25) is 0 Å². The Hall–Kier alpha value is -1.61. The lowest BCUT2D eigenvalue weighted by Gasteiger charge is -2.25. The molecular weight excluding hydrogens is 836 g/mol. The number of hydrogen-bond donors (Lipinski definition) is 2. The summed E-state index contributed by atoms with van der Waals surface area (Å²) < 4.78 is 93.9. The molecule has 9 aliphatic heterocycles. The lowest BCUT2D eigenvalue weighted by molar-refractivity contribution is -0.236. The molecule has 9 rings (SSSR count). The number of aliphatic hydroxyl groups is 2. The summed E-state index contributed by atoms with van der Waals surface area (Å²) in [4.78, 5) is 10.7. The number of carbonyl (C=O) groups is 1. The van der Waals surface area contributed by atoms with Crippen LogP contribution in [0.3, 0.4) is 0 Å².